The highest BCUT2D eigenvalue weighted by Crippen LogP contribution is 2.32. The van der Waals surface area contributed by atoms with Gasteiger partial charge in [-0.05, 0) is 44.0 Å². The quantitative estimate of drug-likeness (QED) is 0.797. The highest BCUT2D eigenvalue weighted by molar-refractivity contribution is 5.29. The van der Waals surface area contributed by atoms with Gasteiger partial charge in [0.15, 0.2) is 0 Å². The molecule has 100 valence electrons. The fraction of sp³-hybridized carbons (Fsp3) is 0.571. The lowest BCUT2D eigenvalue weighted by molar-refractivity contribution is -0.138. The van der Waals surface area contributed by atoms with Crippen molar-refractivity contribution in [2.75, 3.05) is 19.6 Å². The van der Waals surface area contributed by atoms with Gasteiger partial charge in [-0.15, -0.1) is 0 Å². The van der Waals surface area contributed by atoms with E-state index in [1.807, 2.05) is 0 Å². The molecule has 0 spiro atoms. The van der Waals surface area contributed by atoms with Crippen molar-refractivity contribution in [1.29, 1.82) is 0 Å². The molecule has 0 N–H and O–H groups in total. The van der Waals surface area contributed by atoms with E-state index in [-0.39, 0.29) is 0 Å². The van der Waals surface area contributed by atoms with Gasteiger partial charge >= 0.3 is 6.18 Å². The molecule has 1 heterocycles. The number of rotatable bonds is 3. The number of alkyl halides is 3. The smallest absolute Gasteiger partial charge is 0.303 e. The van der Waals surface area contributed by atoms with Crippen molar-refractivity contribution in [3.8, 4) is 0 Å². The van der Waals surface area contributed by atoms with Gasteiger partial charge in [0.05, 0.1) is 5.56 Å². The van der Waals surface area contributed by atoms with Gasteiger partial charge < -0.3 is 4.90 Å². The average Bonchev–Trinajstić information content (AvgIpc) is 2.37. The minimum Gasteiger partial charge on any atom is -0.303 e. The molecule has 0 atom stereocenters. The Kier molecular flexibility index (Phi) is 4.27. The summed E-state index contributed by atoms with van der Waals surface area (Å²) in [6, 6.07) is 5.90. The lowest BCUT2D eigenvalue weighted by Crippen LogP contribution is -2.31. The number of halogens is 3. The third kappa shape index (κ3) is 3.48. The molecule has 2 rings (SSSR count). The monoisotopic (exact) mass is 257 g/mol. The maximum absolute atomic E-state index is 12.8. The topological polar surface area (TPSA) is 3.24 Å². The van der Waals surface area contributed by atoms with Gasteiger partial charge in [-0.3, -0.25) is 0 Å². The number of piperidine rings is 1. The van der Waals surface area contributed by atoms with E-state index in [0.29, 0.717) is 12.0 Å². The molecule has 1 aromatic carbocycles. The van der Waals surface area contributed by atoms with Gasteiger partial charge in [0.1, 0.15) is 0 Å². The summed E-state index contributed by atoms with van der Waals surface area (Å²) in [4.78, 5) is 2.26. The van der Waals surface area contributed by atoms with Crippen molar-refractivity contribution in [1.82, 2.24) is 4.90 Å². The van der Waals surface area contributed by atoms with Crippen LogP contribution in [0.4, 0.5) is 13.2 Å². The SMILES string of the molecule is FC(F)(F)c1ccccc1CCN1CCCCC1. The Morgan fingerprint density at radius 3 is 2.33 bits per heavy atom. The fourth-order valence-electron chi connectivity index (χ4n) is 2.48. The molecule has 4 heteroatoms. The number of likely N-dealkylation sites (tertiary alicyclic amines) is 1. The van der Waals surface area contributed by atoms with E-state index in [0.717, 1.165) is 19.6 Å². The maximum atomic E-state index is 12.8. The maximum Gasteiger partial charge on any atom is 0.416 e. The Morgan fingerprint density at radius 1 is 1.00 bits per heavy atom. The Hall–Kier alpha value is -1.03. The summed E-state index contributed by atoms with van der Waals surface area (Å²) < 4.78 is 38.4. The van der Waals surface area contributed by atoms with E-state index < -0.39 is 11.7 Å². The van der Waals surface area contributed by atoms with Crippen LogP contribution in [0.15, 0.2) is 24.3 Å². The molecule has 1 aliphatic rings. The predicted molar refractivity (Wildman–Crippen MR) is 65.4 cm³/mol. The average molecular weight is 257 g/mol. The molecule has 1 nitrogen and oxygen atoms in total. The van der Waals surface area contributed by atoms with Crippen LogP contribution in [-0.2, 0) is 12.6 Å². The number of nitrogens with zero attached hydrogens (tertiary/aromatic N) is 1. The summed E-state index contributed by atoms with van der Waals surface area (Å²) >= 11 is 0. The molecule has 1 fully saturated rings. The Balaban J connectivity index is 2.00. The van der Waals surface area contributed by atoms with E-state index in [1.54, 1.807) is 12.1 Å². The van der Waals surface area contributed by atoms with Gasteiger partial charge in [0.2, 0.25) is 0 Å². The summed E-state index contributed by atoms with van der Waals surface area (Å²) in [5.41, 5.74) is -0.0717. The van der Waals surface area contributed by atoms with Crippen LogP contribution in [0.2, 0.25) is 0 Å². The van der Waals surface area contributed by atoms with Crippen LogP contribution < -0.4 is 0 Å². The largest absolute Gasteiger partial charge is 0.416 e. The van der Waals surface area contributed by atoms with Crippen LogP contribution in [0.3, 0.4) is 0 Å². The third-order valence-electron chi connectivity index (χ3n) is 3.47. The van der Waals surface area contributed by atoms with Crippen LogP contribution in [-0.4, -0.2) is 24.5 Å². The van der Waals surface area contributed by atoms with E-state index in [2.05, 4.69) is 4.90 Å². The van der Waals surface area contributed by atoms with Crippen LogP contribution in [0.1, 0.15) is 30.4 Å². The first-order valence-corrected chi connectivity index (χ1v) is 6.45. The zero-order chi connectivity index (χ0) is 13.0. The zero-order valence-electron chi connectivity index (χ0n) is 10.3. The standard InChI is InChI=1S/C14H18F3N/c15-14(16,17)13-7-3-2-6-12(13)8-11-18-9-4-1-5-10-18/h2-3,6-7H,1,4-5,8-11H2. The van der Waals surface area contributed by atoms with Crippen molar-refractivity contribution in [2.24, 2.45) is 0 Å². The molecule has 0 aliphatic carbocycles. The minimum absolute atomic E-state index is 0.413. The van der Waals surface area contributed by atoms with E-state index in [4.69, 9.17) is 0 Å². The van der Waals surface area contributed by atoms with Gasteiger partial charge in [0.25, 0.3) is 0 Å². The Labute approximate surface area is 106 Å². The minimum atomic E-state index is -4.24. The Bertz CT molecular complexity index is 381. The summed E-state index contributed by atoms with van der Waals surface area (Å²) in [7, 11) is 0. The summed E-state index contributed by atoms with van der Waals surface area (Å²) in [6.07, 6.45) is -0.175. The molecule has 0 bridgehead atoms. The zero-order valence-corrected chi connectivity index (χ0v) is 10.3. The number of hydrogen-bond donors (Lipinski definition) is 0. The first kappa shape index (κ1) is 13.4. The van der Waals surface area contributed by atoms with Crippen molar-refractivity contribution >= 4 is 0 Å². The van der Waals surface area contributed by atoms with Gasteiger partial charge in [-0.2, -0.15) is 13.2 Å². The highest BCUT2D eigenvalue weighted by Gasteiger charge is 2.32. The number of hydrogen-bond acceptors (Lipinski definition) is 1. The first-order valence-electron chi connectivity index (χ1n) is 6.45. The molecule has 0 saturated carbocycles. The van der Waals surface area contributed by atoms with Crippen LogP contribution in [0, 0.1) is 0 Å². The fourth-order valence-corrected chi connectivity index (χ4v) is 2.48. The molecule has 0 radical (unpaired) electrons. The first-order chi connectivity index (χ1) is 8.57. The van der Waals surface area contributed by atoms with Crippen molar-refractivity contribution in [3.63, 3.8) is 0 Å². The lowest BCUT2D eigenvalue weighted by Gasteiger charge is -2.26. The van der Waals surface area contributed by atoms with E-state index >= 15 is 0 Å². The second-order valence-electron chi connectivity index (χ2n) is 4.81. The molecule has 18 heavy (non-hydrogen) atoms. The summed E-state index contributed by atoms with van der Waals surface area (Å²) in [6.45, 7) is 2.77. The normalized spacial score (nSPS) is 17.9. The summed E-state index contributed by atoms with van der Waals surface area (Å²) in [5.74, 6) is 0. The van der Waals surface area contributed by atoms with Crippen molar-refractivity contribution in [3.05, 3.63) is 35.4 Å². The number of benzene rings is 1. The molecule has 0 amide bonds. The molecule has 0 unspecified atom stereocenters. The molecule has 1 saturated heterocycles. The van der Waals surface area contributed by atoms with Gasteiger partial charge in [-0.25, -0.2) is 0 Å². The summed E-state index contributed by atoms with van der Waals surface area (Å²) in [5, 5.41) is 0. The molecule has 0 aromatic heterocycles. The lowest BCUT2D eigenvalue weighted by atomic mass is 10.0. The third-order valence-corrected chi connectivity index (χ3v) is 3.47. The van der Waals surface area contributed by atoms with Crippen molar-refractivity contribution < 1.29 is 13.2 Å². The van der Waals surface area contributed by atoms with Crippen LogP contribution in [0.25, 0.3) is 0 Å². The highest BCUT2D eigenvalue weighted by atomic mass is 19.4. The van der Waals surface area contributed by atoms with Crippen LogP contribution >= 0.6 is 0 Å². The van der Waals surface area contributed by atoms with Gasteiger partial charge in [0, 0.05) is 6.54 Å². The Morgan fingerprint density at radius 2 is 1.67 bits per heavy atom. The second kappa shape index (κ2) is 5.74. The van der Waals surface area contributed by atoms with E-state index in [9.17, 15) is 13.2 Å². The van der Waals surface area contributed by atoms with Crippen molar-refractivity contribution in [2.45, 2.75) is 31.9 Å². The molecule has 1 aromatic rings. The van der Waals surface area contributed by atoms with Crippen LogP contribution in [0.5, 0.6) is 0 Å². The van der Waals surface area contributed by atoms with Gasteiger partial charge in [-0.1, -0.05) is 24.6 Å². The predicted octanol–water partition coefficient (Wildman–Crippen LogP) is 3.73. The molecule has 1 aliphatic heterocycles. The molecular formula is C14H18F3N. The second-order valence-corrected chi connectivity index (χ2v) is 4.81. The van der Waals surface area contributed by atoms with E-state index in [1.165, 1.54) is 31.4 Å². The molecular weight excluding hydrogens is 239 g/mol.